The molecule has 0 saturated heterocycles. The van der Waals surface area contributed by atoms with E-state index in [0.29, 0.717) is 25.2 Å². The van der Waals surface area contributed by atoms with E-state index in [9.17, 15) is 13.2 Å². The Morgan fingerprint density at radius 2 is 1.77 bits per heavy atom. The van der Waals surface area contributed by atoms with Crippen LogP contribution in [0.1, 0.15) is 36.7 Å². The van der Waals surface area contributed by atoms with E-state index in [1.165, 1.54) is 12.1 Å². The molecule has 0 aliphatic rings. The van der Waals surface area contributed by atoms with Gasteiger partial charge in [-0.05, 0) is 36.6 Å². The monoisotopic (exact) mass is 374 g/mol. The molecule has 26 heavy (non-hydrogen) atoms. The number of hydrogen-bond acceptors (Lipinski definition) is 3. The van der Waals surface area contributed by atoms with Crippen LogP contribution in [-0.2, 0) is 16.6 Å². The summed E-state index contributed by atoms with van der Waals surface area (Å²) in [5.41, 5.74) is 1.40. The second-order valence-corrected chi connectivity index (χ2v) is 8.35. The summed E-state index contributed by atoms with van der Waals surface area (Å²) in [4.78, 5) is 14.6. The molecule has 0 spiro atoms. The van der Waals surface area contributed by atoms with E-state index in [0.717, 1.165) is 5.56 Å². The predicted molar refractivity (Wildman–Crippen MR) is 103 cm³/mol. The van der Waals surface area contributed by atoms with Crippen molar-refractivity contribution >= 4 is 15.9 Å². The van der Waals surface area contributed by atoms with Crippen molar-refractivity contribution in [2.75, 3.05) is 13.1 Å². The number of carbonyl (C=O) groups is 1. The van der Waals surface area contributed by atoms with Crippen LogP contribution in [0.4, 0.5) is 0 Å². The summed E-state index contributed by atoms with van der Waals surface area (Å²) in [5, 5.41) is 0. The number of sulfonamides is 1. The first-order valence-corrected chi connectivity index (χ1v) is 10.2. The van der Waals surface area contributed by atoms with Crippen molar-refractivity contribution in [3.63, 3.8) is 0 Å². The molecule has 0 bridgehead atoms. The van der Waals surface area contributed by atoms with E-state index in [-0.39, 0.29) is 16.7 Å². The van der Waals surface area contributed by atoms with Gasteiger partial charge in [-0.3, -0.25) is 4.79 Å². The van der Waals surface area contributed by atoms with E-state index in [1.54, 1.807) is 17.0 Å². The number of carbonyl (C=O) groups excluding carboxylic acids is 1. The molecule has 0 fully saturated rings. The minimum absolute atomic E-state index is 0.111. The lowest BCUT2D eigenvalue weighted by molar-refractivity contribution is 0.0752. The number of amides is 1. The quantitative estimate of drug-likeness (QED) is 0.771. The summed E-state index contributed by atoms with van der Waals surface area (Å²) in [6.45, 7) is 7.16. The Morgan fingerprint density at radius 1 is 1.08 bits per heavy atom. The molecule has 1 amide bonds. The molecular weight excluding hydrogens is 348 g/mol. The molecule has 0 saturated carbocycles. The summed E-state index contributed by atoms with van der Waals surface area (Å²) in [7, 11) is -3.62. The van der Waals surface area contributed by atoms with Gasteiger partial charge in [0.25, 0.3) is 5.91 Å². The number of rotatable bonds is 8. The zero-order chi connectivity index (χ0) is 19.2. The molecule has 2 aromatic rings. The van der Waals surface area contributed by atoms with Gasteiger partial charge >= 0.3 is 0 Å². The molecule has 0 aliphatic heterocycles. The van der Waals surface area contributed by atoms with Crippen molar-refractivity contribution in [1.82, 2.24) is 9.62 Å². The molecule has 1 N–H and O–H groups in total. The summed E-state index contributed by atoms with van der Waals surface area (Å²) >= 11 is 0. The number of benzene rings is 2. The third-order valence-corrected chi connectivity index (χ3v) is 5.38. The van der Waals surface area contributed by atoms with Crippen LogP contribution in [0.5, 0.6) is 0 Å². The standard InChI is InChI=1S/C20H26N2O3S/c1-4-22(15-17-9-6-5-7-10-17)20(23)18-11-8-12-19(13-18)26(24,25)21-14-16(2)3/h5-13,16,21H,4,14-15H2,1-3H3. The molecular formula is C20H26N2O3S. The van der Waals surface area contributed by atoms with Crippen molar-refractivity contribution in [1.29, 1.82) is 0 Å². The second kappa shape index (κ2) is 8.96. The summed E-state index contributed by atoms with van der Waals surface area (Å²) < 4.78 is 27.4. The SMILES string of the molecule is CCN(Cc1ccccc1)C(=O)c1cccc(S(=O)(=O)NCC(C)C)c1. The van der Waals surface area contributed by atoms with Gasteiger partial charge in [0.15, 0.2) is 0 Å². The van der Waals surface area contributed by atoms with E-state index in [1.807, 2.05) is 51.1 Å². The molecule has 0 aromatic heterocycles. The number of hydrogen-bond donors (Lipinski definition) is 1. The lowest BCUT2D eigenvalue weighted by Crippen LogP contribution is -2.31. The minimum atomic E-state index is -3.62. The van der Waals surface area contributed by atoms with Crippen LogP contribution in [0.2, 0.25) is 0 Å². The molecule has 6 heteroatoms. The predicted octanol–water partition coefficient (Wildman–Crippen LogP) is 3.28. The zero-order valence-corrected chi connectivity index (χ0v) is 16.3. The fraction of sp³-hybridized carbons (Fsp3) is 0.350. The molecule has 0 radical (unpaired) electrons. The molecule has 0 aliphatic carbocycles. The molecule has 5 nitrogen and oxygen atoms in total. The van der Waals surface area contributed by atoms with Crippen molar-refractivity contribution in [2.24, 2.45) is 5.92 Å². The highest BCUT2D eigenvalue weighted by molar-refractivity contribution is 7.89. The van der Waals surface area contributed by atoms with Crippen molar-refractivity contribution in [3.8, 4) is 0 Å². The van der Waals surface area contributed by atoms with Crippen LogP contribution in [0.25, 0.3) is 0 Å². The van der Waals surface area contributed by atoms with Crippen molar-refractivity contribution in [2.45, 2.75) is 32.2 Å². The Balaban J connectivity index is 2.21. The van der Waals surface area contributed by atoms with E-state index < -0.39 is 10.0 Å². The van der Waals surface area contributed by atoms with Crippen LogP contribution in [-0.4, -0.2) is 32.3 Å². The molecule has 2 rings (SSSR count). The summed E-state index contributed by atoms with van der Waals surface area (Å²) in [6.07, 6.45) is 0. The molecule has 0 heterocycles. The Labute approximate surface area is 156 Å². The van der Waals surface area contributed by atoms with E-state index in [2.05, 4.69) is 4.72 Å². The van der Waals surface area contributed by atoms with Gasteiger partial charge in [0.05, 0.1) is 4.90 Å². The van der Waals surface area contributed by atoms with Gasteiger partial charge in [0.1, 0.15) is 0 Å². The van der Waals surface area contributed by atoms with E-state index >= 15 is 0 Å². The minimum Gasteiger partial charge on any atom is -0.335 e. The van der Waals surface area contributed by atoms with Gasteiger partial charge in [0.2, 0.25) is 10.0 Å². The Kier molecular flexibility index (Phi) is 6.94. The maximum absolute atomic E-state index is 12.8. The van der Waals surface area contributed by atoms with Crippen LogP contribution < -0.4 is 4.72 Å². The van der Waals surface area contributed by atoms with Crippen LogP contribution in [0.15, 0.2) is 59.5 Å². The fourth-order valence-electron chi connectivity index (χ4n) is 2.47. The average Bonchev–Trinajstić information content (AvgIpc) is 2.65. The van der Waals surface area contributed by atoms with Gasteiger partial charge in [-0.15, -0.1) is 0 Å². The van der Waals surface area contributed by atoms with Crippen LogP contribution >= 0.6 is 0 Å². The maximum atomic E-state index is 12.8. The lowest BCUT2D eigenvalue weighted by Gasteiger charge is -2.21. The van der Waals surface area contributed by atoms with Crippen molar-refractivity contribution < 1.29 is 13.2 Å². The number of nitrogens with one attached hydrogen (secondary N) is 1. The largest absolute Gasteiger partial charge is 0.335 e. The number of nitrogens with zero attached hydrogens (tertiary/aromatic N) is 1. The van der Waals surface area contributed by atoms with E-state index in [4.69, 9.17) is 0 Å². The van der Waals surface area contributed by atoms with Crippen molar-refractivity contribution in [3.05, 3.63) is 65.7 Å². The summed E-state index contributed by atoms with van der Waals surface area (Å²) in [6, 6.07) is 15.9. The maximum Gasteiger partial charge on any atom is 0.254 e. The van der Waals surface area contributed by atoms with Gasteiger partial charge < -0.3 is 4.90 Å². The zero-order valence-electron chi connectivity index (χ0n) is 15.5. The molecule has 140 valence electrons. The Hall–Kier alpha value is -2.18. The normalized spacial score (nSPS) is 11.5. The van der Waals surface area contributed by atoms with Crippen LogP contribution in [0.3, 0.4) is 0 Å². The third kappa shape index (κ3) is 5.41. The highest BCUT2D eigenvalue weighted by atomic mass is 32.2. The Bertz CT molecular complexity index is 833. The highest BCUT2D eigenvalue weighted by Gasteiger charge is 2.19. The third-order valence-electron chi connectivity index (χ3n) is 3.96. The van der Waals surface area contributed by atoms with Gasteiger partial charge in [-0.2, -0.15) is 0 Å². The molecule has 0 unspecified atom stereocenters. The second-order valence-electron chi connectivity index (χ2n) is 6.58. The molecule has 0 atom stereocenters. The lowest BCUT2D eigenvalue weighted by atomic mass is 10.1. The first kappa shape index (κ1) is 20.1. The summed E-state index contributed by atoms with van der Waals surface area (Å²) in [5.74, 6) is 0.0216. The smallest absolute Gasteiger partial charge is 0.254 e. The van der Waals surface area contributed by atoms with Gasteiger partial charge in [0, 0.05) is 25.2 Å². The first-order chi connectivity index (χ1) is 12.3. The highest BCUT2D eigenvalue weighted by Crippen LogP contribution is 2.15. The van der Waals surface area contributed by atoms with Gasteiger partial charge in [-0.1, -0.05) is 50.2 Å². The first-order valence-electron chi connectivity index (χ1n) is 8.76. The Morgan fingerprint density at radius 3 is 2.38 bits per heavy atom. The van der Waals surface area contributed by atoms with Gasteiger partial charge in [-0.25, -0.2) is 13.1 Å². The topological polar surface area (TPSA) is 66.5 Å². The van der Waals surface area contributed by atoms with Crippen LogP contribution in [0, 0.1) is 5.92 Å². The fourth-order valence-corrected chi connectivity index (χ4v) is 3.73. The average molecular weight is 375 g/mol. The molecule has 2 aromatic carbocycles.